The molecule has 1 fully saturated rings. The fraction of sp³-hybridized carbons (Fsp3) is 0.500. The summed E-state index contributed by atoms with van der Waals surface area (Å²) in [6, 6.07) is 7.37. The Hall–Kier alpha value is -2.34. The van der Waals surface area contributed by atoms with E-state index in [4.69, 9.17) is 9.47 Å². The second kappa shape index (κ2) is 8.85. The Balaban J connectivity index is 1.57. The Morgan fingerprint density at radius 3 is 2.81 bits per heavy atom. The number of hydrogen-bond donors (Lipinski definition) is 0. The molecule has 0 aliphatic carbocycles. The molecular formula is C20H27N3O3. The molecule has 6 nitrogen and oxygen atoms in total. The number of benzene rings is 1. The van der Waals surface area contributed by atoms with Gasteiger partial charge in [0.25, 0.3) is 0 Å². The van der Waals surface area contributed by atoms with Crippen LogP contribution in [0.3, 0.4) is 0 Å². The van der Waals surface area contributed by atoms with Crippen molar-refractivity contribution >= 4 is 5.78 Å². The predicted octanol–water partition coefficient (Wildman–Crippen LogP) is 2.89. The summed E-state index contributed by atoms with van der Waals surface area (Å²) < 4.78 is 12.5. The minimum Gasteiger partial charge on any atom is -0.493 e. The Labute approximate surface area is 154 Å². The van der Waals surface area contributed by atoms with Crippen LogP contribution in [0.25, 0.3) is 0 Å². The summed E-state index contributed by atoms with van der Waals surface area (Å²) in [6.45, 7) is 3.80. The molecule has 1 saturated heterocycles. The Morgan fingerprint density at radius 1 is 1.23 bits per heavy atom. The van der Waals surface area contributed by atoms with Crippen LogP contribution in [0.4, 0.5) is 0 Å². The van der Waals surface area contributed by atoms with Gasteiger partial charge in [0, 0.05) is 37.0 Å². The summed E-state index contributed by atoms with van der Waals surface area (Å²) in [7, 11) is 3.19. The third kappa shape index (κ3) is 4.43. The van der Waals surface area contributed by atoms with Crippen LogP contribution in [0.1, 0.15) is 29.6 Å². The molecule has 1 aromatic carbocycles. The topological polar surface area (TPSA) is 56.6 Å². The third-order valence-corrected chi connectivity index (χ3v) is 4.97. The highest BCUT2D eigenvalue weighted by Crippen LogP contribution is 2.30. The number of Topliss-reactive ketones (excluding diaryl/α,β-unsaturated/α-hetero) is 1. The maximum absolute atomic E-state index is 12.9. The van der Waals surface area contributed by atoms with E-state index in [1.54, 1.807) is 32.5 Å². The highest BCUT2D eigenvalue weighted by molar-refractivity contribution is 5.98. The lowest BCUT2D eigenvalue weighted by molar-refractivity contribution is 0.0816. The maximum Gasteiger partial charge on any atom is 0.167 e. The molecule has 2 aromatic rings. The van der Waals surface area contributed by atoms with E-state index in [0.29, 0.717) is 17.1 Å². The Bertz CT molecular complexity index is 715. The van der Waals surface area contributed by atoms with E-state index in [1.165, 1.54) is 0 Å². The fourth-order valence-electron chi connectivity index (χ4n) is 3.59. The first-order valence-electron chi connectivity index (χ1n) is 9.17. The van der Waals surface area contributed by atoms with Crippen LogP contribution >= 0.6 is 0 Å². The molecule has 1 atom stereocenters. The van der Waals surface area contributed by atoms with Gasteiger partial charge in [-0.05, 0) is 56.6 Å². The van der Waals surface area contributed by atoms with Crippen LogP contribution in [0.5, 0.6) is 11.5 Å². The number of piperidine rings is 1. The first-order chi connectivity index (χ1) is 12.7. The SMILES string of the molecule is COc1ccc(C(=O)[C@@H]2CCCN(CCCn3cccn3)C2)cc1OC. The smallest absolute Gasteiger partial charge is 0.167 e. The maximum atomic E-state index is 12.9. The molecule has 0 saturated carbocycles. The van der Waals surface area contributed by atoms with E-state index >= 15 is 0 Å². The summed E-state index contributed by atoms with van der Waals surface area (Å²) in [6.07, 6.45) is 6.84. The van der Waals surface area contributed by atoms with Crippen molar-refractivity contribution in [1.29, 1.82) is 0 Å². The molecule has 2 heterocycles. The van der Waals surface area contributed by atoms with Gasteiger partial charge in [-0.15, -0.1) is 0 Å². The molecule has 0 spiro atoms. The van der Waals surface area contributed by atoms with Gasteiger partial charge in [-0.1, -0.05) is 0 Å². The number of aromatic nitrogens is 2. The van der Waals surface area contributed by atoms with Gasteiger partial charge in [-0.3, -0.25) is 9.48 Å². The van der Waals surface area contributed by atoms with Gasteiger partial charge in [-0.2, -0.15) is 5.10 Å². The van der Waals surface area contributed by atoms with Gasteiger partial charge < -0.3 is 14.4 Å². The van der Waals surface area contributed by atoms with Crippen LogP contribution in [-0.4, -0.2) is 54.3 Å². The molecule has 0 bridgehead atoms. The van der Waals surface area contributed by atoms with Crippen molar-refractivity contribution in [2.75, 3.05) is 33.9 Å². The lowest BCUT2D eigenvalue weighted by atomic mass is 9.89. The normalized spacial score (nSPS) is 17.8. The molecule has 0 radical (unpaired) electrons. The first kappa shape index (κ1) is 18.5. The van der Waals surface area contributed by atoms with Gasteiger partial charge in [0.05, 0.1) is 14.2 Å². The van der Waals surface area contributed by atoms with Crippen molar-refractivity contribution in [3.8, 4) is 11.5 Å². The number of ketones is 1. The molecule has 0 unspecified atom stereocenters. The molecule has 6 heteroatoms. The zero-order chi connectivity index (χ0) is 18.4. The van der Waals surface area contributed by atoms with E-state index in [2.05, 4.69) is 10.00 Å². The number of carbonyl (C=O) groups is 1. The van der Waals surface area contributed by atoms with Crippen LogP contribution in [-0.2, 0) is 6.54 Å². The number of rotatable bonds is 8. The molecule has 1 aromatic heterocycles. The molecule has 0 amide bonds. The Kier molecular flexibility index (Phi) is 6.28. The van der Waals surface area contributed by atoms with E-state index in [1.807, 2.05) is 23.0 Å². The lowest BCUT2D eigenvalue weighted by Gasteiger charge is -2.32. The number of hydrogen-bond acceptors (Lipinski definition) is 5. The molecule has 1 aliphatic rings. The quantitative estimate of drug-likeness (QED) is 0.680. The van der Waals surface area contributed by atoms with Gasteiger partial charge in [0.1, 0.15) is 0 Å². The predicted molar refractivity (Wildman–Crippen MR) is 99.9 cm³/mol. The summed E-state index contributed by atoms with van der Waals surface area (Å²) in [4.78, 5) is 15.3. The minimum absolute atomic E-state index is 0.0477. The van der Waals surface area contributed by atoms with E-state index < -0.39 is 0 Å². The zero-order valence-corrected chi connectivity index (χ0v) is 15.6. The summed E-state index contributed by atoms with van der Waals surface area (Å²) >= 11 is 0. The molecule has 0 N–H and O–H groups in total. The van der Waals surface area contributed by atoms with Crippen LogP contribution in [0.15, 0.2) is 36.7 Å². The van der Waals surface area contributed by atoms with Gasteiger partial charge in [0.15, 0.2) is 17.3 Å². The largest absolute Gasteiger partial charge is 0.493 e. The summed E-state index contributed by atoms with van der Waals surface area (Å²) in [5.41, 5.74) is 0.700. The van der Waals surface area contributed by atoms with E-state index in [9.17, 15) is 4.79 Å². The third-order valence-electron chi connectivity index (χ3n) is 4.97. The highest BCUT2D eigenvalue weighted by atomic mass is 16.5. The van der Waals surface area contributed by atoms with Crippen LogP contribution in [0, 0.1) is 5.92 Å². The fourth-order valence-corrected chi connectivity index (χ4v) is 3.59. The number of nitrogens with zero attached hydrogens (tertiary/aromatic N) is 3. The van der Waals surface area contributed by atoms with E-state index in [0.717, 1.165) is 45.4 Å². The lowest BCUT2D eigenvalue weighted by Crippen LogP contribution is -2.39. The van der Waals surface area contributed by atoms with Gasteiger partial charge in [0.2, 0.25) is 0 Å². The molecular weight excluding hydrogens is 330 g/mol. The van der Waals surface area contributed by atoms with Crippen molar-refractivity contribution in [2.24, 2.45) is 5.92 Å². The summed E-state index contributed by atoms with van der Waals surface area (Å²) in [5.74, 6) is 1.49. The molecule has 26 heavy (non-hydrogen) atoms. The second-order valence-electron chi connectivity index (χ2n) is 6.70. The second-order valence-corrected chi connectivity index (χ2v) is 6.70. The van der Waals surface area contributed by atoms with Crippen LogP contribution < -0.4 is 9.47 Å². The standard InChI is InChI=1S/C20H27N3O3/c1-25-18-8-7-16(14-19(18)26-2)20(24)17-6-3-10-22(15-17)11-5-13-23-12-4-9-21-23/h4,7-9,12,14,17H,3,5-6,10-11,13,15H2,1-2H3/t17-/m1/s1. The summed E-state index contributed by atoms with van der Waals surface area (Å²) in [5, 5.41) is 4.23. The Morgan fingerprint density at radius 2 is 2.08 bits per heavy atom. The molecule has 140 valence electrons. The first-order valence-corrected chi connectivity index (χ1v) is 9.17. The number of likely N-dealkylation sites (tertiary alicyclic amines) is 1. The average Bonchev–Trinajstić information content (AvgIpc) is 3.20. The van der Waals surface area contributed by atoms with Gasteiger partial charge >= 0.3 is 0 Å². The van der Waals surface area contributed by atoms with Crippen molar-refractivity contribution in [2.45, 2.75) is 25.8 Å². The monoisotopic (exact) mass is 357 g/mol. The van der Waals surface area contributed by atoms with Crippen molar-refractivity contribution in [3.63, 3.8) is 0 Å². The minimum atomic E-state index is 0.0477. The van der Waals surface area contributed by atoms with Crippen molar-refractivity contribution < 1.29 is 14.3 Å². The van der Waals surface area contributed by atoms with Crippen molar-refractivity contribution in [3.05, 3.63) is 42.2 Å². The highest BCUT2D eigenvalue weighted by Gasteiger charge is 2.27. The van der Waals surface area contributed by atoms with Crippen LogP contribution in [0.2, 0.25) is 0 Å². The zero-order valence-electron chi connectivity index (χ0n) is 15.6. The van der Waals surface area contributed by atoms with E-state index in [-0.39, 0.29) is 11.7 Å². The number of ether oxygens (including phenoxy) is 2. The molecule has 3 rings (SSSR count). The van der Waals surface area contributed by atoms with Crippen molar-refractivity contribution in [1.82, 2.24) is 14.7 Å². The average molecular weight is 357 g/mol. The number of methoxy groups -OCH3 is 2. The number of carbonyl (C=O) groups excluding carboxylic acids is 1. The number of aryl methyl sites for hydroxylation is 1. The molecule has 1 aliphatic heterocycles. The van der Waals surface area contributed by atoms with Gasteiger partial charge in [-0.25, -0.2) is 0 Å².